The van der Waals surface area contributed by atoms with Crippen LogP contribution in [0.25, 0.3) is 0 Å². The fourth-order valence-corrected chi connectivity index (χ4v) is 2.57. The van der Waals surface area contributed by atoms with E-state index < -0.39 is 11.7 Å². The molecule has 0 spiro atoms. The maximum absolute atomic E-state index is 13.8. The summed E-state index contributed by atoms with van der Waals surface area (Å²) in [5.74, 6) is -0.482. The third-order valence-corrected chi connectivity index (χ3v) is 3.90. The van der Waals surface area contributed by atoms with Gasteiger partial charge in [-0.05, 0) is 49.2 Å². The highest BCUT2D eigenvalue weighted by molar-refractivity contribution is 6.07. The molecule has 0 radical (unpaired) electrons. The first-order chi connectivity index (χ1) is 12.1. The molecule has 1 heterocycles. The van der Waals surface area contributed by atoms with Crippen molar-refractivity contribution in [3.63, 3.8) is 0 Å². The van der Waals surface area contributed by atoms with Gasteiger partial charge in [0.25, 0.3) is 5.91 Å². The minimum atomic E-state index is -0.482. The number of benzene rings is 2. The number of aromatic nitrogens is 1. The average Bonchev–Trinajstić information content (AvgIpc) is 2.60. The predicted molar refractivity (Wildman–Crippen MR) is 97.8 cm³/mol. The van der Waals surface area contributed by atoms with E-state index in [4.69, 9.17) is 0 Å². The van der Waals surface area contributed by atoms with E-state index >= 15 is 0 Å². The number of nitrogens with one attached hydrogen (secondary N) is 2. The molecule has 0 atom stereocenters. The molecule has 0 unspecified atom stereocenters. The van der Waals surface area contributed by atoms with Gasteiger partial charge in [0.1, 0.15) is 11.6 Å². The molecule has 0 fully saturated rings. The minimum absolute atomic E-state index is 0.134. The van der Waals surface area contributed by atoms with Crippen molar-refractivity contribution < 1.29 is 9.18 Å². The van der Waals surface area contributed by atoms with E-state index in [1.54, 1.807) is 30.5 Å². The number of halogens is 1. The first kappa shape index (κ1) is 16.6. The lowest BCUT2D eigenvalue weighted by molar-refractivity contribution is 0.102. The summed E-state index contributed by atoms with van der Waals surface area (Å²) in [5.41, 5.74) is 3.47. The van der Waals surface area contributed by atoms with E-state index in [1.165, 1.54) is 12.1 Å². The Bertz CT molecular complexity index is 904. The molecule has 3 aromatic rings. The molecule has 1 amide bonds. The lowest BCUT2D eigenvalue weighted by Gasteiger charge is -2.15. The molecular formula is C20H18FN3O. The molecule has 3 rings (SSSR count). The second kappa shape index (κ2) is 7.13. The number of aryl methyl sites for hydroxylation is 2. The molecule has 25 heavy (non-hydrogen) atoms. The molecular weight excluding hydrogens is 317 g/mol. The minimum Gasteiger partial charge on any atom is -0.339 e. The number of para-hydroxylation sites is 2. The average molecular weight is 335 g/mol. The van der Waals surface area contributed by atoms with Gasteiger partial charge in [-0.15, -0.1) is 0 Å². The van der Waals surface area contributed by atoms with Gasteiger partial charge >= 0.3 is 0 Å². The Hall–Kier alpha value is -3.21. The lowest BCUT2D eigenvalue weighted by atomic mass is 10.1. The molecule has 0 aliphatic heterocycles. The van der Waals surface area contributed by atoms with Crippen LogP contribution in [0.5, 0.6) is 0 Å². The molecule has 0 aliphatic rings. The number of rotatable bonds is 4. The van der Waals surface area contributed by atoms with E-state index in [-0.39, 0.29) is 5.69 Å². The Morgan fingerprint density at radius 1 is 0.960 bits per heavy atom. The molecule has 0 aliphatic carbocycles. The largest absolute Gasteiger partial charge is 0.339 e. The van der Waals surface area contributed by atoms with Crippen LogP contribution in [0.3, 0.4) is 0 Å². The van der Waals surface area contributed by atoms with Gasteiger partial charge in [-0.3, -0.25) is 4.79 Å². The monoisotopic (exact) mass is 335 g/mol. The second-order valence-corrected chi connectivity index (χ2v) is 5.73. The molecule has 0 bridgehead atoms. The van der Waals surface area contributed by atoms with Crippen LogP contribution in [0.1, 0.15) is 21.5 Å². The Morgan fingerprint density at radius 3 is 2.40 bits per heavy atom. The van der Waals surface area contributed by atoms with E-state index in [1.807, 2.05) is 32.0 Å². The number of pyridine rings is 1. The third kappa shape index (κ3) is 3.66. The molecule has 126 valence electrons. The highest BCUT2D eigenvalue weighted by Gasteiger charge is 2.15. The smallest absolute Gasteiger partial charge is 0.259 e. The Kier molecular flexibility index (Phi) is 4.75. The van der Waals surface area contributed by atoms with Gasteiger partial charge in [-0.25, -0.2) is 9.37 Å². The molecule has 2 N–H and O–H groups in total. The van der Waals surface area contributed by atoms with Gasteiger partial charge in [0.2, 0.25) is 0 Å². The van der Waals surface area contributed by atoms with Crippen molar-refractivity contribution in [3.8, 4) is 0 Å². The summed E-state index contributed by atoms with van der Waals surface area (Å²) in [5, 5.41) is 5.81. The second-order valence-electron chi connectivity index (χ2n) is 5.73. The quantitative estimate of drug-likeness (QED) is 0.718. The maximum atomic E-state index is 13.8. The van der Waals surface area contributed by atoms with Crippen molar-refractivity contribution in [2.75, 3.05) is 10.6 Å². The van der Waals surface area contributed by atoms with Crippen LogP contribution in [0.15, 0.2) is 60.8 Å². The zero-order valence-electron chi connectivity index (χ0n) is 14.0. The number of hydrogen-bond donors (Lipinski definition) is 2. The molecule has 0 saturated carbocycles. The summed E-state index contributed by atoms with van der Waals surface area (Å²) in [6, 6.07) is 15.3. The van der Waals surface area contributed by atoms with Crippen molar-refractivity contribution in [1.82, 2.24) is 4.98 Å². The molecule has 5 heteroatoms. The van der Waals surface area contributed by atoms with Gasteiger partial charge in [0.05, 0.1) is 11.3 Å². The van der Waals surface area contributed by atoms with E-state index in [0.29, 0.717) is 11.4 Å². The zero-order valence-corrected chi connectivity index (χ0v) is 14.0. The van der Waals surface area contributed by atoms with Crippen LogP contribution in [0.2, 0.25) is 0 Å². The fourth-order valence-electron chi connectivity index (χ4n) is 2.57. The SMILES string of the molecule is Cc1cccc(C)c1Nc1ncccc1C(=O)Nc1ccccc1F. The Balaban J connectivity index is 1.91. The summed E-state index contributed by atoms with van der Waals surface area (Å²) in [6.07, 6.45) is 1.61. The van der Waals surface area contributed by atoms with Crippen molar-refractivity contribution in [3.05, 3.63) is 83.3 Å². The van der Waals surface area contributed by atoms with Crippen LogP contribution < -0.4 is 10.6 Å². The Morgan fingerprint density at radius 2 is 1.68 bits per heavy atom. The number of anilines is 3. The predicted octanol–water partition coefficient (Wildman–Crippen LogP) is 4.83. The molecule has 4 nitrogen and oxygen atoms in total. The van der Waals surface area contributed by atoms with Gasteiger partial charge < -0.3 is 10.6 Å². The zero-order chi connectivity index (χ0) is 17.8. The molecule has 1 aromatic heterocycles. The number of amides is 1. The highest BCUT2D eigenvalue weighted by Crippen LogP contribution is 2.25. The topological polar surface area (TPSA) is 54.0 Å². The summed E-state index contributed by atoms with van der Waals surface area (Å²) in [7, 11) is 0. The third-order valence-electron chi connectivity index (χ3n) is 3.90. The highest BCUT2D eigenvalue weighted by atomic mass is 19.1. The van der Waals surface area contributed by atoms with Crippen LogP contribution in [-0.2, 0) is 0 Å². The van der Waals surface area contributed by atoms with Gasteiger partial charge in [-0.1, -0.05) is 30.3 Å². The van der Waals surface area contributed by atoms with Gasteiger partial charge in [0, 0.05) is 11.9 Å². The summed E-state index contributed by atoms with van der Waals surface area (Å²) >= 11 is 0. The number of hydrogen-bond acceptors (Lipinski definition) is 3. The van der Waals surface area contributed by atoms with Crippen molar-refractivity contribution in [1.29, 1.82) is 0 Å². The van der Waals surface area contributed by atoms with Gasteiger partial charge in [0.15, 0.2) is 0 Å². The Labute approximate surface area is 145 Å². The van der Waals surface area contributed by atoms with Crippen LogP contribution in [0.4, 0.5) is 21.6 Å². The van der Waals surface area contributed by atoms with E-state index in [9.17, 15) is 9.18 Å². The normalized spacial score (nSPS) is 10.4. The summed E-state index contributed by atoms with van der Waals surface area (Å²) < 4.78 is 13.8. The maximum Gasteiger partial charge on any atom is 0.259 e. The fraction of sp³-hybridized carbons (Fsp3) is 0.100. The van der Waals surface area contributed by atoms with Crippen molar-refractivity contribution in [2.45, 2.75) is 13.8 Å². The van der Waals surface area contributed by atoms with Gasteiger partial charge in [-0.2, -0.15) is 0 Å². The number of carbonyl (C=O) groups is 1. The van der Waals surface area contributed by atoms with Crippen LogP contribution in [0, 0.1) is 19.7 Å². The van der Waals surface area contributed by atoms with Crippen LogP contribution in [-0.4, -0.2) is 10.9 Å². The van der Waals surface area contributed by atoms with Crippen LogP contribution >= 0.6 is 0 Å². The standard InChI is InChI=1S/C20H18FN3O/c1-13-7-5-8-14(2)18(13)24-19-15(9-6-12-22-19)20(25)23-17-11-4-3-10-16(17)21/h3-12H,1-2H3,(H,22,24)(H,23,25). The first-order valence-corrected chi connectivity index (χ1v) is 7.90. The summed E-state index contributed by atoms with van der Waals surface area (Å²) in [6.45, 7) is 3.97. The first-order valence-electron chi connectivity index (χ1n) is 7.90. The lowest BCUT2D eigenvalue weighted by Crippen LogP contribution is -2.15. The molecule has 2 aromatic carbocycles. The van der Waals surface area contributed by atoms with E-state index in [2.05, 4.69) is 15.6 Å². The number of carbonyl (C=O) groups excluding carboxylic acids is 1. The molecule has 0 saturated heterocycles. The number of nitrogens with zero attached hydrogens (tertiary/aromatic N) is 1. The van der Waals surface area contributed by atoms with Crippen molar-refractivity contribution >= 4 is 23.1 Å². The van der Waals surface area contributed by atoms with E-state index in [0.717, 1.165) is 16.8 Å². The summed E-state index contributed by atoms with van der Waals surface area (Å²) in [4.78, 5) is 16.9. The van der Waals surface area contributed by atoms with Crippen molar-refractivity contribution in [2.24, 2.45) is 0 Å².